The number of fused-ring (bicyclic) bond motifs is 1. The van der Waals surface area contributed by atoms with E-state index in [2.05, 4.69) is 11.8 Å². The molecule has 2 aromatic rings. The Labute approximate surface area is 160 Å². The molecule has 4 heteroatoms. The van der Waals surface area contributed by atoms with Gasteiger partial charge in [-0.25, -0.2) is 0 Å². The van der Waals surface area contributed by atoms with Crippen molar-refractivity contribution in [2.75, 3.05) is 6.54 Å². The van der Waals surface area contributed by atoms with Crippen LogP contribution in [-0.4, -0.2) is 28.4 Å². The second-order valence-corrected chi connectivity index (χ2v) is 7.56. The van der Waals surface area contributed by atoms with E-state index >= 15 is 0 Å². The number of aryl methyl sites for hydroxylation is 1. The first-order chi connectivity index (χ1) is 13.0. The van der Waals surface area contributed by atoms with Gasteiger partial charge in [0.05, 0.1) is 11.1 Å². The first kappa shape index (κ1) is 17.8. The molecule has 4 nitrogen and oxygen atoms in total. The number of piperidine rings is 1. The van der Waals surface area contributed by atoms with Crippen molar-refractivity contribution in [1.82, 2.24) is 4.90 Å². The highest BCUT2D eigenvalue weighted by molar-refractivity contribution is 6.15. The molecular weight excluding hydrogens is 338 g/mol. The molecule has 1 unspecified atom stereocenters. The summed E-state index contributed by atoms with van der Waals surface area (Å²) in [7, 11) is 0. The maximum Gasteiger partial charge on any atom is 0.232 e. The molecular formula is C23H25NO3. The summed E-state index contributed by atoms with van der Waals surface area (Å²) in [5.74, 6) is 0.937. The van der Waals surface area contributed by atoms with E-state index in [0.29, 0.717) is 35.2 Å². The fourth-order valence-electron chi connectivity index (χ4n) is 4.03. The first-order valence-electron chi connectivity index (χ1n) is 9.63. The van der Waals surface area contributed by atoms with E-state index in [1.54, 1.807) is 12.1 Å². The summed E-state index contributed by atoms with van der Waals surface area (Å²) in [5, 5.41) is 10.6. The molecule has 0 aliphatic carbocycles. The van der Waals surface area contributed by atoms with Crippen molar-refractivity contribution in [3.05, 3.63) is 64.4 Å². The molecule has 1 saturated heterocycles. The highest BCUT2D eigenvalue weighted by atomic mass is 16.5. The zero-order chi connectivity index (χ0) is 19.0. The number of allylic oxidation sites excluding steroid dienone is 1. The summed E-state index contributed by atoms with van der Waals surface area (Å²) < 4.78 is 6.02. The van der Waals surface area contributed by atoms with Crippen LogP contribution in [0.5, 0.6) is 11.5 Å². The van der Waals surface area contributed by atoms with Crippen LogP contribution in [0.15, 0.2) is 42.2 Å². The minimum atomic E-state index is -0.112. The van der Waals surface area contributed by atoms with Gasteiger partial charge in [0.25, 0.3) is 0 Å². The van der Waals surface area contributed by atoms with Crippen LogP contribution in [0.3, 0.4) is 0 Å². The van der Waals surface area contributed by atoms with Gasteiger partial charge in [-0.15, -0.1) is 0 Å². The standard InChI is InChI=1S/C23H25NO3/c1-15-12-19(25)18(14-24-11-7-6-8-16(24)2)23-21(15)22(26)20(27-23)13-17-9-4-3-5-10-17/h3-5,9-10,12-13,16,25H,6-8,11,14H2,1-2H3/b20-13-. The molecule has 1 N–H and O–H groups in total. The van der Waals surface area contributed by atoms with Crippen molar-refractivity contribution < 1.29 is 14.6 Å². The highest BCUT2D eigenvalue weighted by Gasteiger charge is 2.34. The number of ether oxygens (including phenoxy) is 1. The highest BCUT2D eigenvalue weighted by Crippen LogP contribution is 2.42. The van der Waals surface area contributed by atoms with Gasteiger partial charge in [-0.3, -0.25) is 9.69 Å². The third kappa shape index (κ3) is 3.37. The molecule has 2 aliphatic rings. The molecule has 0 bridgehead atoms. The normalized spacial score (nSPS) is 21.3. The molecule has 1 fully saturated rings. The Morgan fingerprint density at radius 1 is 1.26 bits per heavy atom. The number of likely N-dealkylation sites (tertiary alicyclic amines) is 1. The Morgan fingerprint density at radius 2 is 2.04 bits per heavy atom. The van der Waals surface area contributed by atoms with Gasteiger partial charge in [-0.1, -0.05) is 36.8 Å². The average Bonchev–Trinajstić information content (AvgIpc) is 2.97. The van der Waals surface area contributed by atoms with E-state index in [4.69, 9.17) is 4.74 Å². The van der Waals surface area contributed by atoms with E-state index in [0.717, 1.165) is 30.5 Å². The number of phenols is 1. The minimum Gasteiger partial charge on any atom is -0.507 e. The summed E-state index contributed by atoms with van der Waals surface area (Å²) in [6.07, 6.45) is 5.34. The molecule has 0 saturated carbocycles. The molecule has 4 rings (SSSR count). The van der Waals surface area contributed by atoms with Crippen LogP contribution < -0.4 is 4.74 Å². The molecule has 2 aromatic carbocycles. The monoisotopic (exact) mass is 363 g/mol. The van der Waals surface area contributed by atoms with Crippen molar-refractivity contribution in [1.29, 1.82) is 0 Å². The number of hydrogen-bond donors (Lipinski definition) is 1. The van der Waals surface area contributed by atoms with E-state index in [9.17, 15) is 9.90 Å². The molecule has 2 heterocycles. The lowest BCUT2D eigenvalue weighted by Gasteiger charge is -2.33. The third-order valence-corrected chi connectivity index (χ3v) is 5.62. The Morgan fingerprint density at radius 3 is 2.78 bits per heavy atom. The predicted octanol–water partition coefficient (Wildman–Crippen LogP) is 4.69. The van der Waals surface area contributed by atoms with Crippen LogP contribution >= 0.6 is 0 Å². The zero-order valence-electron chi connectivity index (χ0n) is 15.9. The van der Waals surface area contributed by atoms with Gasteiger partial charge in [-0.05, 0) is 56.5 Å². The van der Waals surface area contributed by atoms with Crippen molar-refractivity contribution in [2.24, 2.45) is 0 Å². The third-order valence-electron chi connectivity index (χ3n) is 5.62. The summed E-state index contributed by atoms with van der Waals surface area (Å²) in [5.41, 5.74) is 2.96. The van der Waals surface area contributed by atoms with Gasteiger partial charge in [0.15, 0.2) is 5.76 Å². The number of rotatable bonds is 3. The number of carbonyl (C=O) groups is 1. The quantitative estimate of drug-likeness (QED) is 0.804. The van der Waals surface area contributed by atoms with Crippen LogP contribution in [-0.2, 0) is 6.54 Å². The van der Waals surface area contributed by atoms with Crippen molar-refractivity contribution in [2.45, 2.75) is 45.7 Å². The van der Waals surface area contributed by atoms with E-state index < -0.39 is 0 Å². The summed E-state index contributed by atoms with van der Waals surface area (Å²) in [4.78, 5) is 15.3. The second-order valence-electron chi connectivity index (χ2n) is 7.56. The zero-order valence-corrected chi connectivity index (χ0v) is 15.9. The van der Waals surface area contributed by atoms with Crippen LogP contribution in [0.25, 0.3) is 6.08 Å². The van der Waals surface area contributed by atoms with Gasteiger partial charge in [0, 0.05) is 12.6 Å². The molecule has 0 radical (unpaired) electrons. The number of hydrogen-bond acceptors (Lipinski definition) is 4. The van der Waals surface area contributed by atoms with Gasteiger partial charge < -0.3 is 9.84 Å². The number of nitrogens with zero attached hydrogens (tertiary/aromatic N) is 1. The van der Waals surface area contributed by atoms with E-state index in [1.165, 1.54) is 6.42 Å². The van der Waals surface area contributed by atoms with Crippen molar-refractivity contribution >= 4 is 11.9 Å². The Balaban J connectivity index is 1.71. The molecule has 27 heavy (non-hydrogen) atoms. The Bertz CT molecular complexity index is 902. The fourth-order valence-corrected chi connectivity index (χ4v) is 4.03. The summed E-state index contributed by atoms with van der Waals surface area (Å²) >= 11 is 0. The predicted molar refractivity (Wildman–Crippen MR) is 106 cm³/mol. The van der Waals surface area contributed by atoms with E-state index in [1.807, 2.05) is 37.3 Å². The topological polar surface area (TPSA) is 49.8 Å². The van der Waals surface area contributed by atoms with Gasteiger partial charge in [-0.2, -0.15) is 0 Å². The number of carbonyl (C=O) groups excluding carboxylic acids is 1. The Kier molecular flexibility index (Phi) is 4.75. The number of ketones is 1. The molecule has 2 aliphatic heterocycles. The van der Waals surface area contributed by atoms with Gasteiger partial charge >= 0.3 is 0 Å². The molecule has 0 amide bonds. The Hall–Kier alpha value is -2.59. The number of benzene rings is 2. The number of phenolic OH excluding ortho intramolecular Hbond substituents is 1. The largest absolute Gasteiger partial charge is 0.507 e. The first-order valence-corrected chi connectivity index (χ1v) is 9.63. The molecule has 140 valence electrons. The molecule has 1 atom stereocenters. The van der Waals surface area contributed by atoms with Gasteiger partial charge in [0.1, 0.15) is 11.5 Å². The average molecular weight is 363 g/mol. The lowest BCUT2D eigenvalue weighted by molar-refractivity contribution is 0.101. The lowest BCUT2D eigenvalue weighted by atomic mass is 9.97. The SMILES string of the molecule is Cc1cc(O)c(CN2CCCCC2C)c2c1C(=O)/C(=C/c1ccccc1)O2. The van der Waals surface area contributed by atoms with Crippen LogP contribution in [0.2, 0.25) is 0 Å². The maximum atomic E-state index is 13.0. The van der Waals surface area contributed by atoms with Crippen LogP contribution in [0.4, 0.5) is 0 Å². The van der Waals surface area contributed by atoms with Crippen LogP contribution in [0.1, 0.15) is 53.2 Å². The molecule has 0 aromatic heterocycles. The summed E-state index contributed by atoms with van der Waals surface area (Å²) in [6, 6.07) is 11.8. The van der Waals surface area contributed by atoms with E-state index in [-0.39, 0.29) is 11.5 Å². The maximum absolute atomic E-state index is 13.0. The van der Waals surface area contributed by atoms with Crippen molar-refractivity contribution in [3.63, 3.8) is 0 Å². The van der Waals surface area contributed by atoms with Gasteiger partial charge in [0.2, 0.25) is 5.78 Å². The number of aromatic hydroxyl groups is 1. The van der Waals surface area contributed by atoms with Crippen molar-refractivity contribution in [3.8, 4) is 11.5 Å². The minimum absolute atomic E-state index is 0.112. The second kappa shape index (κ2) is 7.20. The van der Waals surface area contributed by atoms with Crippen LogP contribution in [0, 0.1) is 6.92 Å². The summed E-state index contributed by atoms with van der Waals surface area (Å²) in [6.45, 7) is 5.67. The fraction of sp³-hybridized carbons (Fsp3) is 0.348. The lowest BCUT2D eigenvalue weighted by Crippen LogP contribution is -2.36. The molecule has 0 spiro atoms. The number of Topliss-reactive ketones (excluding diaryl/α,β-unsaturated/α-hetero) is 1. The smallest absolute Gasteiger partial charge is 0.232 e.